The summed E-state index contributed by atoms with van der Waals surface area (Å²) in [4.78, 5) is 30.2. The lowest BCUT2D eigenvalue weighted by atomic mass is 9.99. The third-order valence-corrected chi connectivity index (χ3v) is 6.30. The highest BCUT2D eigenvalue weighted by Gasteiger charge is 2.20. The van der Waals surface area contributed by atoms with E-state index in [1.165, 1.54) is 4.68 Å². The van der Waals surface area contributed by atoms with Crippen LogP contribution in [-0.2, 0) is 22.6 Å². The number of ether oxygens (including phenoxy) is 2. The van der Waals surface area contributed by atoms with Gasteiger partial charge in [0.2, 0.25) is 0 Å². The predicted molar refractivity (Wildman–Crippen MR) is 141 cm³/mol. The van der Waals surface area contributed by atoms with Crippen LogP contribution in [0.15, 0.2) is 64.3 Å². The van der Waals surface area contributed by atoms with E-state index in [1.54, 1.807) is 37.2 Å². The summed E-state index contributed by atoms with van der Waals surface area (Å²) in [5, 5.41) is 9.18. The monoisotopic (exact) mass is 513 g/mol. The van der Waals surface area contributed by atoms with E-state index >= 15 is 0 Å². The van der Waals surface area contributed by atoms with Gasteiger partial charge in [-0.05, 0) is 50.4 Å². The molecule has 38 heavy (non-hydrogen) atoms. The summed E-state index contributed by atoms with van der Waals surface area (Å²) in [6.45, 7) is 5.97. The molecule has 5 rings (SSSR count). The van der Waals surface area contributed by atoms with Crippen molar-refractivity contribution in [3.63, 3.8) is 0 Å². The highest BCUT2D eigenvalue weighted by Crippen LogP contribution is 2.38. The van der Waals surface area contributed by atoms with Gasteiger partial charge in [0.05, 0.1) is 54.5 Å². The number of pyridine rings is 2. The first-order valence-electron chi connectivity index (χ1n) is 12.2. The number of methoxy groups -OCH3 is 1. The van der Waals surface area contributed by atoms with Crippen LogP contribution in [0.3, 0.4) is 0 Å². The smallest absolute Gasteiger partial charge is 0.327 e. The molecule has 0 aliphatic heterocycles. The molecule has 0 bridgehead atoms. The fourth-order valence-electron chi connectivity index (χ4n) is 4.58. The number of nitrogens with zero attached hydrogens (tertiary/aromatic N) is 5. The van der Waals surface area contributed by atoms with Crippen molar-refractivity contribution in [1.82, 2.24) is 24.5 Å². The van der Waals surface area contributed by atoms with Crippen LogP contribution < -0.4 is 10.3 Å². The van der Waals surface area contributed by atoms with Crippen LogP contribution in [0.4, 0.5) is 0 Å². The molecule has 0 radical (unpaired) electrons. The normalized spacial score (nSPS) is 11.2. The summed E-state index contributed by atoms with van der Waals surface area (Å²) < 4.78 is 19.3. The van der Waals surface area contributed by atoms with E-state index in [1.807, 2.05) is 50.2 Å². The molecule has 0 unspecified atom stereocenters. The zero-order valence-corrected chi connectivity index (χ0v) is 21.6. The standard InChI is InChI=1S/C28H27N5O5/c1-5-37-26(34)16-32-14-20(13-30-32)22-10-19-11-23(27-17(2)31-38-18(27)3)25(36-4)12-24(19)33(28(22)35)15-21-8-6-7-9-29-21/h6-14H,5,15-16H2,1-4H3. The van der Waals surface area contributed by atoms with E-state index < -0.39 is 5.97 Å². The summed E-state index contributed by atoms with van der Waals surface area (Å²) in [7, 11) is 1.59. The minimum Gasteiger partial charge on any atom is -0.496 e. The van der Waals surface area contributed by atoms with Crippen molar-refractivity contribution in [3.8, 4) is 28.0 Å². The van der Waals surface area contributed by atoms with Gasteiger partial charge in [-0.2, -0.15) is 5.10 Å². The fourth-order valence-corrected chi connectivity index (χ4v) is 4.58. The Kier molecular flexibility index (Phi) is 6.78. The molecule has 10 heteroatoms. The van der Waals surface area contributed by atoms with Crippen molar-refractivity contribution in [1.29, 1.82) is 0 Å². The van der Waals surface area contributed by atoms with E-state index in [2.05, 4.69) is 15.2 Å². The average Bonchev–Trinajstić information content (AvgIpc) is 3.51. The summed E-state index contributed by atoms with van der Waals surface area (Å²) in [6, 6.07) is 11.3. The molecular weight excluding hydrogens is 486 g/mol. The minimum atomic E-state index is -0.399. The second kappa shape index (κ2) is 10.3. The number of hydrogen-bond acceptors (Lipinski definition) is 8. The van der Waals surface area contributed by atoms with E-state index in [-0.39, 0.29) is 25.3 Å². The van der Waals surface area contributed by atoms with Crippen molar-refractivity contribution in [2.24, 2.45) is 0 Å². The number of aryl methyl sites for hydroxylation is 2. The SMILES string of the molecule is CCOC(=O)Cn1cc(-c2cc3cc(-c4c(C)noc4C)c(OC)cc3n(Cc3ccccn3)c2=O)cn1. The fraction of sp³-hybridized carbons (Fsp3) is 0.250. The molecule has 0 saturated heterocycles. The Hall–Kier alpha value is -4.73. The zero-order valence-electron chi connectivity index (χ0n) is 21.6. The molecule has 5 aromatic rings. The average molecular weight is 514 g/mol. The number of rotatable bonds is 8. The summed E-state index contributed by atoms with van der Waals surface area (Å²) in [6.07, 6.45) is 4.94. The molecule has 0 saturated carbocycles. The Bertz CT molecular complexity index is 1660. The van der Waals surface area contributed by atoms with Gasteiger partial charge in [-0.1, -0.05) is 11.2 Å². The van der Waals surface area contributed by atoms with Crippen molar-refractivity contribution < 1.29 is 18.8 Å². The van der Waals surface area contributed by atoms with Crippen molar-refractivity contribution in [2.45, 2.75) is 33.9 Å². The molecule has 4 heterocycles. The van der Waals surface area contributed by atoms with Gasteiger partial charge in [0, 0.05) is 29.6 Å². The lowest BCUT2D eigenvalue weighted by molar-refractivity contribution is -0.144. The van der Waals surface area contributed by atoms with Crippen molar-refractivity contribution in [3.05, 3.63) is 82.5 Å². The second-order valence-electron chi connectivity index (χ2n) is 8.81. The number of hydrogen-bond donors (Lipinski definition) is 0. The van der Waals surface area contributed by atoms with Gasteiger partial charge in [0.15, 0.2) is 0 Å². The van der Waals surface area contributed by atoms with Crippen LogP contribution in [-0.4, -0.2) is 44.2 Å². The number of carbonyl (C=O) groups excluding carboxylic acids is 1. The van der Waals surface area contributed by atoms with Crippen LogP contribution in [0.2, 0.25) is 0 Å². The molecule has 0 aliphatic carbocycles. The molecule has 1 aromatic carbocycles. The number of fused-ring (bicyclic) bond motifs is 1. The van der Waals surface area contributed by atoms with E-state index in [4.69, 9.17) is 14.0 Å². The summed E-state index contributed by atoms with van der Waals surface area (Å²) in [5.41, 5.74) is 4.63. The number of esters is 1. The molecule has 0 fully saturated rings. The van der Waals surface area contributed by atoms with Crippen molar-refractivity contribution >= 4 is 16.9 Å². The van der Waals surface area contributed by atoms with Gasteiger partial charge in [-0.3, -0.25) is 19.3 Å². The minimum absolute atomic E-state index is 0.0447. The lowest BCUT2D eigenvalue weighted by Gasteiger charge is -2.16. The Labute approximate surface area is 218 Å². The van der Waals surface area contributed by atoms with Crippen LogP contribution in [0.1, 0.15) is 24.1 Å². The lowest BCUT2D eigenvalue weighted by Crippen LogP contribution is -2.23. The quantitative estimate of drug-likeness (QED) is 0.284. The number of aromatic nitrogens is 5. The van der Waals surface area contributed by atoms with E-state index in [9.17, 15) is 9.59 Å². The first-order valence-corrected chi connectivity index (χ1v) is 12.2. The Morgan fingerprint density at radius 3 is 2.63 bits per heavy atom. The van der Waals surface area contributed by atoms with Crippen LogP contribution in [0.25, 0.3) is 33.2 Å². The molecular formula is C28H27N5O5. The van der Waals surface area contributed by atoms with Gasteiger partial charge in [0.1, 0.15) is 18.1 Å². The Morgan fingerprint density at radius 2 is 1.95 bits per heavy atom. The largest absolute Gasteiger partial charge is 0.496 e. The predicted octanol–water partition coefficient (Wildman–Crippen LogP) is 4.15. The van der Waals surface area contributed by atoms with Crippen LogP contribution in [0.5, 0.6) is 5.75 Å². The Morgan fingerprint density at radius 1 is 1.13 bits per heavy atom. The third kappa shape index (κ3) is 4.68. The van der Waals surface area contributed by atoms with Gasteiger partial charge < -0.3 is 18.6 Å². The molecule has 0 spiro atoms. The number of carbonyl (C=O) groups is 1. The molecule has 10 nitrogen and oxygen atoms in total. The Balaban J connectivity index is 1.72. The van der Waals surface area contributed by atoms with E-state index in [0.29, 0.717) is 28.2 Å². The van der Waals surface area contributed by atoms with Gasteiger partial charge in [0.25, 0.3) is 5.56 Å². The van der Waals surface area contributed by atoms with Gasteiger partial charge in [-0.15, -0.1) is 0 Å². The maximum atomic E-state index is 13.9. The highest BCUT2D eigenvalue weighted by molar-refractivity contribution is 5.92. The molecule has 0 atom stereocenters. The van der Waals surface area contributed by atoms with E-state index in [0.717, 1.165) is 27.9 Å². The summed E-state index contributed by atoms with van der Waals surface area (Å²) in [5.74, 6) is 0.864. The first kappa shape index (κ1) is 24.9. The molecule has 0 amide bonds. The zero-order chi connectivity index (χ0) is 26.8. The molecule has 4 aromatic heterocycles. The van der Waals surface area contributed by atoms with Crippen LogP contribution in [0, 0.1) is 13.8 Å². The maximum Gasteiger partial charge on any atom is 0.327 e. The number of benzene rings is 1. The maximum absolute atomic E-state index is 13.9. The molecule has 194 valence electrons. The van der Waals surface area contributed by atoms with Gasteiger partial charge in [-0.25, -0.2) is 0 Å². The van der Waals surface area contributed by atoms with Crippen molar-refractivity contribution in [2.75, 3.05) is 13.7 Å². The summed E-state index contributed by atoms with van der Waals surface area (Å²) >= 11 is 0. The molecule has 0 N–H and O–H groups in total. The highest BCUT2D eigenvalue weighted by atomic mass is 16.5. The van der Waals surface area contributed by atoms with Gasteiger partial charge >= 0.3 is 5.97 Å². The first-order chi connectivity index (χ1) is 18.4. The van der Waals surface area contributed by atoms with Crippen LogP contribution >= 0.6 is 0 Å². The third-order valence-electron chi connectivity index (χ3n) is 6.30. The topological polar surface area (TPSA) is 114 Å². The second-order valence-corrected chi connectivity index (χ2v) is 8.81. The molecule has 0 aliphatic rings.